The van der Waals surface area contributed by atoms with Crippen LogP contribution in [0.2, 0.25) is 0 Å². The van der Waals surface area contributed by atoms with Crippen LogP contribution in [0.5, 0.6) is 0 Å². The van der Waals surface area contributed by atoms with E-state index >= 15 is 0 Å². The Balaban J connectivity index is 2.34. The Hall–Kier alpha value is -1.08. The lowest BCUT2D eigenvalue weighted by atomic mass is 9.86. The van der Waals surface area contributed by atoms with Gasteiger partial charge in [0.2, 0.25) is 10.0 Å². The van der Waals surface area contributed by atoms with E-state index in [-0.39, 0.29) is 16.4 Å². The van der Waals surface area contributed by atoms with Crippen molar-refractivity contribution in [3.8, 4) is 0 Å². The summed E-state index contributed by atoms with van der Waals surface area (Å²) in [7, 11) is -3.77. The predicted molar refractivity (Wildman–Crippen MR) is 77.8 cm³/mol. The van der Waals surface area contributed by atoms with Gasteiger partial charge in [0.1, 0.15) is 0 Å². The largest absolute Gasteiger partial charge is 0.416 e. The van der Waals surface area contributed by atoms with Gasteiger partial charge in [-0.15, -0.1) is 0 Å². The number of sulfonamides is 1. The quantitative estimate of drug-likeness (QED) is 0.822. The van der Waals surface area contributed by atoms with Crippen LogP contribution in [0.3, 0.4) is 0 Å². The van der Waals surface area contributed by atoms with Crippen LogP contribution in [-0.2, 0) is 16.2 Å². The number of halogens is 3. The zero-order valence-electron chi connectivity index (χ0n) is 12.8. The summed E-state index contributed by atoms with van der Waals surface area (Å²) in [5.41, 5.74) is -1.06. The van der Waals surface area contributed by atoms with Gasteiger partial charge >= 0.3 is 6.18 Å². The highest BCUT2D eigenvalue weighted by atomic mass is 32.2. The van der Waals surface area contributed by atoms with Gasteiger partial charge in [-0.2, -0.15) is 17.5 Å². The molecule has 1 unspecified atom stereocenters. The SMILES string of the molecule is CC(C)(C)C1CCCN1S(=O)(=O)c1ccc(C(F)(F)F)cc1. The lowest BCUT2D eigenvalue weighted by molar-refractivity contribution is -0.137. The van der Waals surface area contributed by atoms with Gasteiger partial charge in [0.25, 0.3) is 0 Å². The molecule has 0 bridgehead atoms. The second kappa shape index (κ2) is 5.53. The highest BCUT2D eigenvalue weighted by Gasteiger charge is 2.41. The van der Waals surface area contributed by atoms with E-state index in [1.807, 2.05) is 20.8 Å². The van der Waals surface area contributed by atoms with Gasteiger partial charge in [0, 0.05) is 12.6 Å². The molecule has 1 heterocycles. The molecule has 1 saturated heterocycles. The van der Waals surface area contributed by atoms with Crippen LogP contribution in [0.25, 0.3) is 0 Å². The van der Waals surface area contributed by atoms with Crippen LogP contribution < -0.4 is 0 Å². The number of benzene rings is 1. The second-order valence-corrected chi connectivity index (χ2v) is 8.55. The molecule has 1 aliphatic heterocycles. The molecule has 1 fully saturated rings. The van der Waals surface area contributed by atoms with E-state index in [1.165, 1.54) is 4.31 Å². The van der Waals surface area contributed by atoms with Crippen LogP contribution in [0, 0.1) is 5.41 Å². The van der Waals surface area contributed by atoms with Gasteiger partial charge in [-0.05, 0) is 42.5 Å². The smallest absolute Gasteiger partial charge is 0.207 e. The Morgan fingerprint density at radius 1 is 1.09 bits per heavy atom. The Labute approximate surface area is 129 Å². The van der Waals surface area contributed by atoms with Crippen molar-refractivity contribution in [2.45, 2.75) is 50.7 Å². The molecular formula is C15H20F3NO2S. The van der Waals surface area contributed by atoms with Crippen molar-refractivity contribution >= 4 is 10.0 Å². The zero-order chi connectivity index (χ0) is 16.8. The third-order valence-corrected chi connectivity index (χ3v) is 5.91. The maximum absolute atomic E-state index is 12.7. The van der Waals surface area contributed by atoms with Gasteiger partial charge < -0.3 is 0 Å². The molecule has 124 valence electrons. The molecule has 0 amide bonds. The third kappa shape index (κ3) is 3.30. The van der Waals surface area contributed by atoms with E-state index in [2.05, 4.69) is 0 Å². The first-order valence-corrected chi connectivity index (χ1v) is 8.57. The molecule has 0 aliphatic carbocycles. The monoisotopic (exact) mass is 335 g/mol. The average molecular weight is 335 g/mol. The lowest BCUT2D eigenvalue weighted by Gasteiger charge is -2.34. The average Bonchev–Trinajstić information content (AvgIpc) is 2.87. The van der Waals surface area contributed by atoms with E-state index in [9.17, 15) is 21.6 Å². The van der Waals surface area contributed by atoms with Crippen LogP contribution in [-0.4, -0.2) is 25.3 Å². The molecule has 0 saturated carbocycles. The minimum Gasteiger partial charge on any atom is -0.207 e. The third-order valence-electron chi connectivity index (χ3n) is 3.99. The fourth-order valence-corrected chi connectivity index (χ4v) is 4.72. The fourth-order valence-electron chi connectivity index (χ4n) is 2.84. The molecular weight excluding hydrogens is 315 g/mol. The Morgan fingerprint density at radius 3 is 2.09 bits per heavy atom. The molecule has 0 radical (unpaired) electrons. The van der Waals surface area contributed by atoms with E-state index < -0.39 is 21.8 Å². The topological polar surface area (TPSA) is 37.4 Å². The molecule has 0 spiro atoms. The van der Waals surface area contributed by atoms with Crippen LogP contribution in [0.1, 0.15) is 39.2 Å². The molecule has 3 nitrogen and oxygen atoms in total. The lowest BCUT2D eigenvalue weighted by Crippen LogP contribution is -2.42. The molecule has 1 aliphatic rings. The molecule has 1 atom stereocenters. The second-order valence-electron chi connectivity index (χ2n) is 6.66. The minimum atomic E-state index is -4.47. The fraction of sp³-hybridized carbons (Fsp3) is 0.600. The first-order chi connectivity index (χ1) is 9.94. The van der Waals surface area contributed by atoms with E-state index in [4.69, 9.17) is 0 Å². The Morgan fingerprint density at radius 2 is 1.64 bits per heavy atom. The van der Waals surface area contributed by atoms with Crippen LogP contribution in [0.4, 0.5) is 13.2 Å². The molecule has 7 heteroatoms. The van der Waals surface area contributed by atoms with Crippen LogP contribution >= 0.6 is 0 Å². The van der Waals surface area contributed by atoms with E-state index in [0.717, 1.165) is 37.1 Å². The Kier molecular flexibility index (Phi) is 4.34. The molecule has 0 aromatic heterocycles. The van der Waals surface area contributed by atoms with Gasteiger partial charge in [-0.1, -0.05) is 20.8 Å². The summed E-state index contributed by atoms with van der Waals surface area (Å²) in [6.07, 6.45) is -2.94. The first kappa shape index (κ1) is 17.3. The highest BCUT2D eigenvalue weighted by molar-refractivity contribution is 7.89. The number of alkyl halides is 3. The zero-order valence-corrected chi connectivity index (χ0v) is 13.6. The maximum Gasteiger partial charge on any atom is 0.416 e. The van der Waals surface area contributed by atoms with Gasteiger partial charge in [0.15, 0.2) is 0 Å². The number of nitrogens with zero attached hydrogens (tertiary/aromatic N) is 1. The first-order valence-electron chi connectivity index (χ1n) is 7.13. The Bertz CT molecular complexity index is 630. The summed E-state index contributed by atoms with van der Waals surface area (Å²) in [6, 6.07) is 3.57. The van der Waals surface area contributed by atoms with Crippen molar-refractivity contribution in [3.63, 3.8) is 0 Å². The summed E-state index contributed by atoms with van der Waals surface area (Å²) in [5, 5.41) is 0. The van der Waals surface area contributed by atoms with Crippen molar-refractivity contribution in [1.29, 1.82) is 0 Å². The van der Waals surface area contributed by atoms with Crippen molar-refractivity contribution in [3.05, 3.63) is 29.8 Å². The number of hydrogen-bond donors (Lipinski definition) is 0. The molecule has 1 aromatic carbocycles. The van der Waals surface area contributed by atoms with Crippen molar-refractivity contribution < 1.29 is 21.6 Å². The summed E-state index contributed by atoms with van der Waals surface area (Å²) in [5.74, 6) is 0. The van der Waals surface area contributed by atoms with Crippen molar-refractivity contribution in [2.24, 2.45) is 5.41 Å². The predicted octanol–water partition coefficient (Wildman–Crippen LogP) is 3.90. The van der Waals surface area contributed by atoms with E-state index in [0.29, 0.717) is 6.54 Å². The number of rotatable bonds is 2. The van der Waals surface area contributed by atoms with Gasteiger partial charge in [-0.25, -0.2) is 8.42 Å². The highest BCUT2D eigenvalue weighted by Crippen LogP contribution is 2.37. The normalized spacial score (nSPS) is 21.3. The van der Waals surface area contributed by atoms with E-state index in [1.54, 1.807) is 0 Å². The summed E-state index contributed by atoms with van der Waals surface area (Å²) in [4.78, 5) is -0.0864. The summed E-state index contributed by atoms with van der Waals surface area (Å²) < 4.78 is 64.5. The van der Waals surface area contributed by atoms with Crippen LogP contribution in [0.15, 0.2) is 29.2 Å². The van der Waals surface area contributed by atoms with Gasteiger partial charge in [0.05, 0.1) is 10.5 Å². The molecule has 2 rings (SSSR count). The van der Waals surface area contributed by atoms with Crippen molar-refractivity contribution in [2.75, 3.05) is 6.54 Å². The molecule has 22 heavy (non-hydrogen) atoms. The van der Waals surface area contributed by atoms with Crippen molar-refractivity contribution in [1.82, 2.24) is 4.31 Å². The minimum absolute atomic E-state index is 0.0864. The standard InChI is InChI=1S/C15H20F3NO2S/c1-14(2,3)13-5-4-10-19(13)22(20,21)12-8-6-11(7-9-12)15(16,17)18/h6-9,13H,4-5,10H2,1-3H3. The maximum atomic E-state index is 12.7. The molecule has 0 N–H and O–H groups in total. The van der Waals surface area contributed by atoms with Gasteiger partial charge in [-0.3, -0.25) is 0 Å². The summed E-state index contributed by atoms with van der Waals surface area (Å²) >= 11 is 0. The summed E-state index contributed by atoms with van der Waals surface area (Å²) in [6.45, 7) is 6.32. The molecule has 1 aromatic rings. The number of hydrogen-bond acceptors (Lipinski definition) is 2.